The van der Waals surface area contributed by atoms with E-state index in [1.807, 2.05) is 0 Å². The van der Waals surface area contributed by atoms with Gasteiger partial charge in [0.05, 0.1) is 66.1 Å². The summed E-state index contributed by atoms with van der Waals surface area (Å²) >= 11 is 0. The molecule has 38 heterocycles. The summed E-state index contributed by atoms with van der Waals surface area (Å²) in [5.74, 6) is 0. The van der Waals surface area contributed by atoms with Crippen LogP contribution in [0.1, 0.15) is 0 Å². The van der Waals surface area contributed by atoms with Gasteiger partial charge in [-0.3, -0.25) is 0 Å². The van der Waals surface area contributed by atoms with Crippen molar-refractivity contribution < 1.29 is 298 Å². The Labute approximate surface area is 670 Å². The molecule has 0 aromatic rings. The van der Waals surface area contributed by atoms with Crippen LogP contribution in [-0.4, -0.2) is 526 Å². The van der Waals surface area contributed by atoms with E-state index in [1.54, 1.807) is 0 Å². The van der Waals surface area contributed by atoms with Crippen molar-refractivity contribution in [2.75, 3.05) is 66.1 Å². The lowest BCUT2D eigenvalue weighted by Gasteiger charge is -2.45. The molecule has 0 aromatic carbocycles. The predicted octanol–water partition coefficient (Wildman–Crippen LogP) is -22.4. The van der Waals surface area contributed by atoms with Crippen LogP contribution in [0.4, 0.5) is 0 Å². The van der Waals surface area contributed by atoms with Gasteiger partial charge in [-0.15, -0.1) is 0 Å². The van der Waals surface area contributed by atoms with E-state index in [0.29, 0.717) is 0 Å². The van der Waals surface area contributed by atoms with E-state index < -0.39 is 373 Å². The standard InChI is InChI=1S/C60H100O60/c61-1-11-41-21(71)31(81)51(91-11)111-102-42-12(2-62)93-53(33(83)23(42)73)113-104-44-14(4-64)95-55(35(85)25(44)75)115-106-46-16(6-66)97-57(37(87)27(46)77)117-108-48-18(8-68)99-59(39(89)29(48)79)119-110-50-20(10-70)100-60(40(90)30(50)80)120-109-49-19(9-69)98-58(38(88)28(49)78)118-107-47-17(7-67)96-56(36(86)26(47)76)116-105-45-15(5-65)94-54(34(84)24(45)74)114-103-43-13(3-63)92-52(112-101-41)32(82)22(43)72/h11-90H,1-10H2/t11?,12?,13?,14?,15?,16?,17?,18?,19?,20?,21-,22-,23-,24-,25-,26-,27-,28-,29-,30-,31-,32?,33?,34?,35?,36?,37?,38?,39?,40?,41+,42+,43+,44+,45+,46+,47+,48+,49+,50+,51?,52+,53+,54+,55+,56+,57+,58+,59+,60+/m1/s1. The highest BCUT2D eigenvalue weighted by Crippen LogP contribution is 2.39. The molecule has 0 spiro atoms. The molecule has 50 atom stereocenters. The summed E-state index contributed by atoms with van der Waals surface area (Å²) in [7, 11) is 0. The van der Waals surface area contributed by atoms with Crippen molar-refractivity contribution in [2.24, 2.45) is 0 Å². The number of aliphatic hydroxyl groups excluding tert-OH is 30. The van der Waals surface area contributed by atoms with Crippen molar-refractivity contribution in [1.29, 1.82) is 0 Å². The third kappa shape index (κ3) is 21.2. The molecule has 20 unspecified atom stereocenters. The molecule has 38 saturated heterocycles. The van der Waals surface area contributed by atoms with E-state index in [4.69, 9.17) is 145 Å². The van der Waals surface area contributed by atoms with Gasteiger partial charge in [0.1, 0.15) is 244 Å². The van der Waals surface area contributed by atoms with Crippen LogP contribution in [0.5, 0.6) is 0 Å². The Morgan fingerprint density at radius 1 is 0.108 bits per heavy atom. The fourth-order valence-corrected chi connectivity index (χ4v) is 13.7. The lowest BCUT2D eigenvalue weighted by atomic mass is 9.99. The number of aliphatic hydroxyl groups is 30. The molecule has 60 nitrogen and oxygen atoms in total. The molecule has 120 heavy (non-hydrogen) atoms. The Morgan fingerprint density at radius 2 is 0.183 bits per heavy atom. The lowest BCUT2D eigenvalue weighted by molar-refractivity contribution is -0.515. The van der Waals surface area contributed by atoms with Gasteiger partial charge in [-0.05, 0) is 0 Å². The Hall–Kier alpha value is -2.40. The summed E-state index contributed by atoms with van der Waals surface area (Å²) < 4.78 is 54.7. The van der Waals surface area contributed by atoms with Crippen molar-refractivity contribution >= 4 is 0 Å². The first-order valence-corrected chi connectivity index (χ1v) is 36.8. The molecule has 38 aliphatic heterocycles. The molecule has 0 aliphatic carbocycles. The van der Waals surface area contributed by atoms with Crippen molar-refractivity contribution in [1.82, 2.24) is 0 Å². The fourth-order valence-electron chi connectivity index (χ4n) is 13.7. The van der Waals surface area contributed by atoms with Crippen molar-refractivity contribution in [3.05, 3.63) is 0 Å². The molecule has 0 radical (unpaired) electrons. The van der Waals surface area contributed by atoms with Gasteiger partial charge in [0.15, 0.2) is 0 Å². The molecule has 0 aromatic heterocycles. The average Bonchev–Trinajstić information content (AvgIpc) is 0.794. The Balaban J connectivity index is 0.749. The molecule has 20 bridgehead atoms. The van der Waals surface area contributed by atoms with Crippen LogP contribution in [0.3, 0.4) is 0 Å². The Morgan fingerprint density at radius 3 is 0.250 bits per heavy atom. The van der Waals surface area contributed by atoms with Gasteiger partial charge in [-0.25, -0.2) is 97.8 Å². The predicted molar refractivity (Wildman–Crippen MR) is 337 cm³/mol. The lowest BCUT2D eigenvalue weighted by Crippen LogP contribution is -2.64. The maximum Gasteiger partial charge on any atom is 0.220 e. The second kappa shape index (κ2) is 44.3. The van der Waals surface area contributed by atoms with Gasteiger partial charge >= 0.3 is 0 Å². The molecule has 0 saturated carbocycles. The first kappa shape index (κ1) is 98.2. The highest BCUT2D eigenvalue weighted by Gasteiger charge is 2.60. The number of hydrogen-bond donors (Lipinski definition) is 30. The minimum absolute atomic E-state index is 1.13. The topological polar surface area (TPSA) is 884 Å². The van der Waals surface area contributed by atoms with Gasteiger partial charge in [-0.1, -0.05) is 0 Å². The molecule has 38 aliphatic rings. The second-order valence-corrected chi connectivity index (χ2v) is 28.6. The average molecular weight is 1780 g/mol. The number of rotatable bonds is 10. The van der Waals surface area contributed by atoms with Crippen LogP contribution in [0.25, 0.3) is 0 Å². The van der Waals surface area contributed by atoms with E-state index in [9.17, 15) is 153 Å². The van der Waals surface area contributed by atoms with Crippen LogP contribution in [0, 0.1) is 0 Å². The summed E-state index contributed by atoms with van der Waals surface area (Å²) in [6, 6.07) is 0. The first-order chi connectivity index (χ1) is 57.4. The zero-order valence-electron chi connectivity index (χ0n) is 61.6. The second-order valence-electron chi connectivity index (χ2n) is 28.6. The molecule has 60 heteroatoms. The van der Waals surface area contributed by atoms with Crippen LogP contribution >= 0.6 is 0 Å². The number of ether oxygens (including phenoxy) is 10. The van der Waals surface area contributed by atoms with E-state index in [1.165, 1.54) is 0 Å². The molecular formula is C60H100O60. The van der Waals surface area contributed by atoms with Gasteiger partial charge in [0, 0.05) is 0 Å². The highest BCUT2D eigenvalue weighted by atomic mass is 17.3. The van der Waals surface area contributed by atoms with Gasteiger partial charge < -0.3 is 201 Å². The SMILES string of the molecule is OCC1OC2OO[C@H]3C(CO)O[C@@H](OO[C@H]4C(CO)O[C@@H](OO[C@H]5C(CO)O[C@@H](OO[C@H]6C(CO)O[C@@H](OO[C@H]7C(CO)O[C@@H](OO[C@H]8C(CO)O[C@@H](OO[C@H]9C(CO)O[C@@H](OO[C@H]%10C(CO)O[C@@H](OO[C@H]%11C(CO)O[C@@H](OO[C@@H]1[C@H](O)[C@H]2O)C(O)[C@H]%11O)C(O)[C@H]%10O)C(O)[C@H]9O)C(O)[C@H]8O)C(O)[C@H]7O)C(O)[C@H]6O)C(O)[C@H]5O)C(O)[C@H]4O)C(O)[C@H]3O. The summed E-state index contributed by atoms with van der Waals surface area (Å²) in [5.41, 5.74) is 0. The quantitative estimate of drug-likeness (QED) is 0.0903. The maximum absolute atomic E-state index is 11.2. The molecule has 38 rings (SSSR count). The van der Waals surface area contributed by atoms with Crippen molar-refractivity contribution in [3.63, 3.8) is 0 Å². The highest BCUT2D eigenvalue weighted by molar-refractivity contribution is 4.99. The summed E-state index contributed by atoms with van der Waals surface area (Å²) in [6.45, 7) is -11.3. The molecule has 38 fully saturated rings. The summed E-state index contributed by atoms with van der Waals surface area (Å²) in [4.78, 5) is 103. The Bertz CT molecular complexity index is 2350. The zero-order valence-corrected chi connectivity index (χ0v) is 61.6. The monoisotopic (exact) mass is 1780 g/mol. The van der Waals surface area contributed by atoms with E-state index in [2.05, 4.69) is 0 Å². The minimum Gasteiger partial charge on any atom is -0.394 e. The maximum atomic E-state index is 11.2. The van der Waals surface area contributed by atoms with Gasteiger partial charge in [0.25, 0.3) is 0 Å². The Kier molecular flexibility index (Phi) is 36.2. The molecular weight excluding hydrogens is 1680 g/mol. The van der Waals surface area contributed by atoms with Gasteiger partial charge in [0.2, 0.25) is 62.9 Å². The van der Waals surface area contributed by atoms with Crippen molar-refractivity contribution in [2.45, 2.75) is 307 Å². The van der Waals surface area contributed by atoms with Gasteiger partial charge in [-0.2, -0.15) is 0 Å². The van der Waals surface area contributed by atoms with E-state index in [-0.39, 0.29) is 0 Å². The molecule has 700 valence electrons. The van der Waals surface area contributed by atoms with E-state index >= 15 is 0 Å². The number of hydrogen-bond acceptors (Lipinski definition) is 60. The van der Waals surface area contributed by atoms with Crippen molar-refractivity contribution in [3.8, 4) is 0 Å². The molecule has 30 N–H and O–H groups in total. The largest absolute Gasteiger partial charge is 0.394 e. The van der Waals surface area contributed by atoms with Crippen LogP contribution < -0.4 is 0 Å². The van der Waals surface area contributed by atoms with Crippen LogP contribution in [0.15, 0.2) is 0 Å². The smallest absolute Gasteiger partial charge is 0.220 e. The van der Waals surface area contributed by atoms with Crippen LogP contribution in [0.2, 0.25) is 0 Å². The first-order valence-electron chi connectivity index (χ1n) is 36.8. The minimum atomic E-state index is -2.30. The van der Waals surface area contributed by atoms with E-state index in [0.717, 1.165) is 0 Å². The normalized spacial score (nSPS) is 52.8. The van der Waals surface area contributed by atoms with Crippen LogP contribution in [-0.2, 0) is 145 Å². The molecule has 0 amide bonds. The summed E-state index contributed by atoms with van der Waals surface area (Å²) in [6.07, 6.45) is -106. The third-order valence-corrected chi connectivity index (χ3v) is 20.8. The third-order valence-electron chi connectivity index (χ3n) is 20.8. The summed E-state index contributed by atoms with van der Waals surface area (Å²) in [5, 5.41) is 326. The zero-order chi connectivity index (χ0) is 87.2. The fraction of sp³-hybridized carbons (Fsp3) is 1.00.